The number of piperazine rings is 1. The van der Waals surface area contributed by atoms with Crippen LogP contribution < -0.4 is 5.32 Å². The van der Waals surface area contributed by atoms with Crippen LogP contribution in [0.5, 0.6) is 0 Å². The van der Waals surface area contributed by atoms with Crippen molar-refractivity contribution in [3.05, 3.63) is 0 Å². The fraction of sp³-hybridized carbons (Fsp3) is 1.00. The molecule has 2 saturated heterocycles. The Labute approximate surface area is 126 Å². The van der Waals surface area contributed by atoms with Crippen molar-refractivity contribution in [2.45, 2.75) is 58.9 Å². The van der Waals surface area contributed by atoms with E-state index in [2.05, 4.69) is 35.9 Å². The van der Waals surface area contributed by atoms with Crippen molar-refractivity contribution in [3.63, 3.8) is 0 Å². The van der Waals surface area contributed by atoms with Gasteiger partial charge in [0.2, 0.25) is 0 Å². The van der Waals surface area contributed by atoms with Gasteiger partial charge in [0.1, 0.15) is 0 Å². The maximum atomic E-state index is 3.65. The summed E-state index contributed by atoms with van der Waals surface area (Å²) in [6, 6.07) is 0.762. The zero-order chi connectivity index (χ0) is 14.4. The van der Waals surface area contributed by atoms with E-state index in [1.807, 2.05) is 0 Å². The molecule has 0 aromatic rings. The van der Waals surface area contributed by atoms with Gasteiger partial charge in [0.15, 0.2) is 0 Å². The van der Waals surface area contributed by atoms with Crippen LogP contribution in [-0.2, 0) is 0 Å². The minimum Gasteiger partial charge on any atom is -0.316 e. The fourth-order valence-electron chi connectivity index (χ4n) is 4.08. The van der Waals surface area contributed by atoms with E-state index in [0.29, 0.717) is 5.41 Å². The van der Waals surface area contributed by atoms with Crippen molar-refractivity contribution < 1.29 is 0 Å². The first-order valence-electron chi connectivity index (χ1n) is 8.86. The molecule has 2 rings (SSSR count). The summed E-state index contributed by atoms with van der Waals surface area (Å²) in [5, 5.41) is 3.65. The molecule has 3 heteroatoms. The molecule has 2 heterocycles. The molecule has 2 aliphatic rings. The molecule has 0 saturated carbocycles. The van der Waals surface area contributed by atoms with E-state index in [-0.39, 0.29) is 0 Å². The molecule has 1 N–H and O–H groups in total. The second-order valence-electron chi connectivity index (χ2n) is 7.10. The lowest BCUT2D eigenvalue weighted by Crippen LogP contribution is -2.54. The second kappa shape index (κ2) is 7.77. The summed E-state index contributed by atoms with van der Waals surface area (Å²) in [5.41, 5.74) is 0.561. The molecular weight excluding hydrogens is 246 g/mol. The highest BCUT2D eigenvalue weighted by Crippen LogP contribution is 2.33. The molecule has 0 aromatic carbocycles. The van der Waals surface area contributed by atoms with Gasteiger partial charge in [-0.25, -0.2) is 0 Å². The van der Waals surface area contributed by atoms with Crippen molar-refractivity contribution in [2.24, 2.45) is 5.41 Å². The van der Waals surface area contributed by atoms with Gasteiger partial charge in [-0.1, -0.05) is 20.3 Å². The number of nitrogens with zero attached hydrogens (tertiary/aromatic N) is 2. The van der Waals surface area contributed by atoms with E-state index >= 15 is 0 Å². The first kappa shape index (κ1) is 16.3. The van der Waals surface area contributed by atoms with Gasteiger partial charge in [-0.15, -0.1) is 0 Å². The maximum absolute atomic E-state index is 3.65. The van der Waals surface area contributed by atoms with E-state index < -0.39 is 0 Å². The molecular formula is C17H35N3. The van der Waals surface area contributed by atoms with Crippen LogP contribution >= 0.6 is 0 Å². The lowest BCUT2D eigenvalue weighted by Gasteiger charge is -2.45. The van der Waals surface area contributed by atoms with Gasteiger partial charge in [-0.3, -0.25) is 4.90 Å². The maximum Gasteiger partial charge on any atom is 0.0113 e. The highest BCUT2D eigenvalue weighted by molar-refractivity contribution is 4.89. The van der Waals surface area contributed by atoms with Gasteiger partial charge < -0.3 is 10.2 Å². The molecule has 2 atom stereocenters. The molecule has 0 spiro atoms. The minimum absolute atomic E-state index is 0.561. The van der Waals surface area contributed by atoms with Gasteiger partial charge >= 0.3 is 0 Å². The lowest BCUT2D eigenvalue weighted by atomic mass is 9.76. The molecule has 0 aliphatic carbocycles. The first-order valence-corrected chi connectivity index (χ1v) is 8.86. The van der Waals surface area contributed by atoms with Crippen molar-refractivity contribution in [1.29, 1.82) is 0 Å². The predicted octanol–water partition coefficient (Wildman–Crippen LogP) is 2.57. The van der Waals surface area contributed by atoms with E-state index in [0.717, 1.165) is 6.04 Å². The molecule has 2 unspecified atom stereocenters. The van der Waals surface area contributed by atoms with Gasteiger partial charge in [-0.05, 0) is 44.6 Å². The van der Waals surface area contributed by atoms with Gasteiger partial charge in [-0.2, -0.15) is 0 Å². The Kier molecular flexibility index (Phi) is 6.31. The van der Waals surface area contributed by atoms with Crippen molar-refractivity contribution in [2.75, 3.05) is 45.8 Å². The molecule has 0 amide bonds. The molecule has 2 fully saturated rings. The van der Waals surface area contributed by atoms with Crippen LogP contribution in [-0.4, -0.2) is 61.7 Å². The third kappa shape index (κ3) is 4.19. The van der Waals surface area contributed by atoms with Crippen LogP contribution in [0.15, 0.2) is 0 Å². The monoisotopic (exact) mass is 281 g/mol. The highest BCUT2D eigenvalue weighted by atomic mass is 15.3. The number of hydrogen-bond acceptors (Lipinski definition) is 3. The Bertz CT molecular complexity index is 260. The third-order valence-corrected chi connectivity index (χ3v) is 5.52. The minimum atomic E-state index is 0.561. The van der Waals surface area contributed by atoms with Gasteiger partial charge in [0.25, 0.3) is 0 Å². The van der Waals surface area contributed by atoms with Crippen molar-refractivity contribution in [3.8, 4) is 0 Å². The summed E-state index contributed by atoms with van der Waals surface area (Å²) in [7, 11) is 0. The Hall–Kier alpha value is -0.120. The topological polar surface area (TPSA) is 18.5 Å². The molecule has 3 nitrogen and oxygen atoms in total. The number of nitrogens with one attached hydrogen (secondary N) is 1. The average molecular weight is 281 g/mol. The Morgan fingerprint density at radius 3 is 2.45 bits per heavy atom. The Balaban J connectivity index is 1.83. The molecule has 0 aromatic heterocycles. The van der Waals surface area contributed by atoms with Crippen LogP contribution in [0, 0.1) is 5.41 Å². The summed E-state index contributed by atoms with van der Waals surface area (Å²) < 4.78 is 0. The molecule has 0 bridgehead atoms. The third-order valence-electron chi connectivity index (χ3n) is 5.52. The van der Waals surface area contributed by atoms with E-state index in [9.17, 15) is 0 Å². The second-order valence-corrected chi connectivity index (χ2v) is 7.10. The van der Waals surface area contributed by atoms with Crippen LogP contribution in [0.3, 0.4) is 0 Å². The summed E-state index contributed by atoms with van der Waals surface area (Å²) in [6.07, 6.45) is 6.80. The SMILES string of the molecule is CCCC1(CN2CCN(C(C)CC)CC2)CCCNC1. The van der Waals surface area contributed by atoms with Crippen LogP contribution in [0.1, 0.15) is 52.9 Å². The van der Waals surface area contributed by atoms with E-state index in [1.54, 1.807) is 0 Å². The van der Waals surface area contributed by atoms with Crippen LogP contribution in [0.2, 0.25) is 0 Å². The van der Waals surface area contributed by atoms with E-state index in [4.69, 9.17) is 0 Å². The Morgan fingerprint density at radius 1 is 1.15 bits per heavy atom. The lowest BCUT2D eigenvalue weighted by molar-refractivity contribution is 0.0506. The molecule has 0 radical (unpaired) electrons. The first-order chi connectivity index (χ1) is 9.69. The van der Waals surface area contributed by atoms with Gasteiger partial charge in [0.05, 0.1) is 0 Å². The van der Waals surface area contributed by atoms with Crippen LogP contribution in [0.4, 0.5) is 0 Å². The quantitative estimate of drug-likeness (QED) is 0.807. The fourth-order valence-corrected chi connectivity index (χ4v) is 4.08. The summed E-state index contributed by atoms with van der Waals surface area (Å²) >= 11 is 0. The summed E-state index contributed by atoms with van der Waals surface area (Å²) in [4.78, 5) is 5.41. The zero-order valence-corrected chi connectivity index (χ0v) is 14.0. The normalized spacial score (nSPS) is 31.4. The van der Waals surface area contributed by atoms with Crippen LogP contribution in [0.25, 0.3) is 0 Å². The standard InChI is InChI=1S/C17H35N3/c1-4-7-17(8-6-9-18-14-17)15-19-10-12-20(13-11-19)16(3)5-2/h16,18H,4-15H2,1-3H3. The Morgan fingerprint density at radius 2 is 1.90 bits per heavy atom. The number of hydrogen-bond donors (Lipinski definition) is 1. The summed E-state index contributed by atoms with van der Waals surface area (Å²) in [6.45, 7) is 15.9. The molecule has 2 aliphatic heterocycles. The largest absolute Gasteiger partial charge is 0.316 e. The van der Waals surface area contributed by atoms with Gasteiger partial charge in [0, 0.05) is 45.3 Å². The van der Waals surface area contributed by atoms with E-state index in [1.165, 1.54) is 77.9 Å². The molecule has 20 heavy (non-hydrogen) atoms. The number of rotatable bonds is 6. The number of piperidine rings is 1. The van der Waals surface area contributed by atoms with Crippen molar-refractivity contribution in [1.82, 2.24) is 15.1 Å². The molecule has 118 valence electrons. The summed E-state index contributed by atoms with van der Waals surface area (Å²) in [5.74, 6) is 0. The average Bonchev–Trinajstić information content (AvgIpc) is 2.48. The predicted molar refractivity (Wildman–Crippen MR) is 87.2 cm³/mol. The zero-order valence-electron chi connectivity index (χ0n) is 14.0. The smallest absolute Gasteiger partial charge is 0.0113 e. The highest BCUT2D eigenvalue weighted by Gasteiger charge is 2.34. The van der Waals surface area contributed by atoms with Crippen molar-refractivity contribution >= 4 is 0 Å².